The molecule has 0 aliphatic carbocycles. The molecule has 4 nitrogen and oxygen atoms in total. The Morgan fingerprint density at radius 3 is 2.63 bits per heavy atom. The Kier molecular flexibility index (Phi) is 4.94. The van der Waals surface area contributed by atoms with Crippen molar-refractivity contribution in [2.45, 2.75) is 17.7 Å². The van der Waals surface area contributed by atoms with Crippen LogP contribution in [0.2, 0.25) is 0 Å². The maximum Gasteiger partial charge on any atom is 0.241 e. The highest BCUT2D eigenvalue weighted by Gasteiger charge is 2.18. The summed E-state index contributed by atoms with van der Waals surface area (Å²) in [6.45, 7) is 3.13. The number of benzene rings is 1. The predicted molar refractivity (Wildman–Crippen MR) is 75.0 cm³/mol. The minimum atomic E-state index is -3.59. The topological polar surface area (TPSA) is 49.4 Å². The van der Waals surface area contributed by atoms with E-state index in [4.69, 9.17) is 0 Å². The fraction of sp³-hybridized carbons (Fsp3) is 0.500. The molecule has 0 saturated carbocycles. The molecule has 0 aromatic heterocycles. The molecule has 0 radical (unpaired) electrons. The summed E-state index contributed by atoms with van der Waals surface area (Å²) in [6.07, 6.45) is 2.35. The number of hydrogen-bond donors (Lipinski definition) is 1. The van der Waals surface area contributed by atoms with Gasteiger partial charge in [0.2, 0.25) is 10.0 Å². The lowest BCUT2D eigenvalue weighted by molar-refractivity contribution is 0.344. The monoisotopic (exact) mass is 350 g/mol. The van der Waals surface area contributed by atoms with Gasteiger partial charge >= 0.3 is 0 Å². The quantitative estimate of drug-likeness (QED) is 0.882. The lowest BCUT2D eigenvalue weighted by atomic mass is 10.3. The van der Waals surface area contributed by atoms with Crippen LogP contribution >= 0.6 is 15.9 Å². The summed E-state index contributed by atoms with van der Waals surface area (Å²) < 4.78 is 39.8. The summed E-state index contributed by atoms with van der Waals surface area (Å²) in [7, 11) is -3.59. The van der Waals surface area contributed by atoms with Crippen molar-refractivity contribution >= 4 is 26.0 Å². The van der Waals surface area contributed by atoms with E-state index in [1.54, 1.807) is 0 Å². The largest absolute Gasteiger partial charge is 0.302 e. The van der Waals surface area contributed by atoms with Crippen molar-refractivity contribution in [2.75, 3.05) is 26.2 Å². The van der Waals surface area contributed by atoms with Gasteiger partial charge in [0.15, 0.2) is 0 Å². The first-order valence-electron chi connectivity index (χ1n) is 6.16. The average molecular weight is 351 g/mol. The molecule has 1 N–H and O–H groups in total. The second-order valence-corrected chi connectivity index (χ2v) is 7.11. The number of nitrogens with one attached hydrogen (secondary N) is 1. The minimum absolute atomic E-state index is 0.0651. The standard InChI is InChI=1S/C12H16BrFN2O2S/c13-11-9-10(14)3-4-12(11)19(17,18)15-5-8-16-6-1-2-7-16/h3-4,9,15H,1-2,5-8H2. The van der Waals surface area contributed by atoms with E-state index in [9.17, 15) is 12.8 Å². The van der Waals surface area contributed by atoms with E-state index in [2.05, 4.69) is 25.6 Å². The van der Waals surface area contributed by atoms with Gasteiger partial charge in [-0.3, -0.25) is 0 Å². The van der Waals surface area contributed by atoms with Crippen molar-refractivity contribution in [1.29, 1.82) is 0 Å². The van der Waals surface area contributed by atoms with Crippen LogP contribution in [-0.4, -0.2) is 39.5 Å². The molecule has 0 amide bonds. The first-order chi connectivity index (χ1) is 8.99. The van der Waals surface area contributed by atoms with Crippen LogP contribution in [0.25, 0.3) is 0 Å². The third-order valence-electron chi connectivity index (χ3n) is 3.10. The van der Waals surface area contributed by atoms with Gasteiger partial charge in [-0.2, -0.15) is 0 Å². The van der Waals surface area contributed by atoms with Gasteiger partial charge in [-0.05, 0) is 60.1 Å². The number of nitrogens with zero attached hydrogens (tertiary/aromatic N) is 1. The van der Waals surface area contributed by atoms with E-state index in [1.807, 2.05) is 0 Å². The molecule has 0 bridgehead atoms. The maximum atomic E-state index is 12.9. The van der Waals surface area contributed by atoms with Crippen molar-refractivity contribution in [2.24, 2.45) is 0 Å². The van der Waals surface area contributed by atoms with Gasteiger partial charge in [-0.1, -0.05) is 0 Å². The fourth-order valence-electron chi connectivity index (χ4n) is 2.12. The van der Waals surface area contributed by atoms with E-state index in [1.165, 1.54) is 18.9 Å². The molecule has 1 aliphatic rings. The van der Waals surface area contributed by atoms with E-state index in [0.717, 1.165) is 25.2 Å². The normalized spacial score (nSPS) is 16.9. The number of hydrogen-bond acceptors (Lipinski definition) is 3. The summed E-state index contributed by atoms with van der Waals surface area (Å²) in [4.78, 5) is 2.29. The van der Waals surface area contributed by atoms with E-state index in [-0.39, 0.29) is 9.37 Å². The van der Waals surface area contributed by atoms with Gasteiger partial charge in [0.1, 0.15) is 5.82 Å². The summed E-state index contributed by atoms with van der Waals surface area (Å²) in [5, 5.41) is 0. The number of halogens is 2. The van der Waals surface area contributed by atoms with Gasteiger partial charge in [0.25, 0.3) is 0 Å². The highest BCUT2D eigenvalue weighted by atomic mass is 79.9. The molecule has 1 saturated heterocycles. The Hall–Kier alpha value is -0.500. The van der Waals surface area contributed by atoms with Crippen LogP contribution in [0.15, 0.2) is 27.6 Å². The lowest BCUT2D eigenvalue weighted by Gasteiger charge is -2.15. The van der Waals surface area contributed by atoms with Crippen molar-refractivity contribution in [3.8, 4) is 0 Å². The third kappa shape index (κ3) is 3.98. The Balaban J connectivity index is 1.97. The van der Waals surface area contributed by atoms with E-state index >= 15 is 0 Å². The zero-order chi connectivity index (χ0) is 13.9. The molecule has 1 aromatic rings. The zero-order valence-electron chi connectivity index (χ0n) is 10.4. The van der Waals surface area contributed by atoms with Crippen molar-refractivity contribution < 1.29 is 12.8 Å². The van der Waals surface area contributed by atoms with Crippen LogP contribution in [0, 0.1) is 5.82 Å². The van der Waals surface area contributed by atoms with E-state index in [0.29, 0.717) is 13.1 Å². The first kappa shape index (κ1) is 14.9. The van der Waals surface area contributed by atoms with Crippen molar-refractivity contribution in [1.82, 2.24) is 9.62 Å². The Labute approximate surface area is 121 Å². The maximum absolute atomic E-state index is 12.9. The molecule has 0 unspecified atom stereocenters. The van der Waals surface area contributed by atoms with Crippen molar-refractivity contribution in [3.05, 3.63) is 28.5 Å². The number of sulfonamides is 1. The minimum Gasteiger partial charge on any atom is -0.302 e. The molecule has 7 heteroatoms. The lowest BCUT2D eigenvalue weighted by Crippen LogP contribution is -2.33. The van der Waals surface area contributed by atoms with Gasteiger partial charge in [-0.25, -0.2) is 17.5 Å². The molecular weight excluding hydrogens is 335 g/mol. The second-order valence-electron chi connectivity index (χ2n) is 4.52. The van der Waals surface area contributed by atoms with Gasteiger partial charge in [-0.15, -0.1) is 0 Å². The van der Waals surface area contributed by atoms with Crippen LogP contribution in [0.3, 0.4) is 0 Å². The molecule has 1 aliphatic heterocycles. The molecule has 2 rings (SSSR count). The summed E-state index contributed by atoms with van der Waals surface area (Å²) in [6, 6.07) is 3.55. The summed E-state index contributed by atoms with van der Waals surface area (Å²) in [5.41, 5.74) is 0. The highest BCUT2D eigenvalue weighted by molar-refractivity contribution is 9.10. The molecule has 0 atom stereocenters. The van der Waals surface area contributed by atoms with Gasteiger partial charge < -0.3 is 4.90 Å². The molecule has 106 valence electrons. The van der Waals surface area contributed by atoms with Crippen molar-refractivity contribution in [3.63, 3.8) is 0 Å². The van der Waals surface area contributed by atoms with Crippen LogP contribution in [0.4, 0.5) is 4.39 Å². The smallest absolute Gasteiger partial charge is 0.241 e. The average Bonchev–Trinajstić information content (AvgIpc) is 2.81. The molecule has 1 heterocycles. The molecular formula is C12H16BrFN2O2S. The summed E-state index contributed by atoms with van der Waals surface area (Å²) in [5.74, 6) is -0.470. The molecule has 1 aromatic carbocycles. The van der Waals surface area contributed by atoms with Crippen LogP contribution < -0.4 is 4.72 Å². The molecule has 1 fully saturated rings. The fourth-order valence-corrected chi connectivity index (χ4v) is 4.18. The number of likely N-dealkylation sites (tertiary alicyclic amines) is 1. The summed E-state index contributed by atoms with van der Waals surface area (Å²) >= 11 is 3.07. The van der Waals surface area contributed by atoms with Crippen LogP contribution in [-0.2, 0) is 10.0 Å². The SMILES string of the molecule is O=S(=O)(NCCN1CCCC1)c1ccc(F)cc1Br. The zero-order valence-corrected chi connectivity index (χ0v) is 12.8. The van der Waals surface area contributed by atoms with Gasteiger partial charge in [0, 0.05) is 17.6 Å². The Morgan fingerprint density at radius 2 is 2.00 bits per heavy atom. The Bertz CT molecular complexity index is 545. The van der Waals surface area contributed by atoms with E-state index < -0.39 is 15.8 Å². The molecule has 19 heavy (non-hydrogen) atoms. The second kappa shape index (κ2) is 6.30. The molecule has 0 spiro atoms. The van der Waals surface area contributed by atoms with Crippen LogP contribution in [0.5, 0.6) is 0 Å². The first-order valence-corrected chi connectivity index (χ1v) is 8.44. The Morgan fingerprint density at radius 1 is 1.32 bits per heavy atom. The highest BCUT2D eigenvalue weighted by Crippen LogP contribution is 2.22. The number of rotatable bonds is 5. The third-order valence-corrected chi connectivity index (χ3v) is 5.54. The predicted octanol–water partition coefficient (Wildman–Crippen LogP) is 1.96. The van der Waals surface area contributed by atoms with Crippen LogP contribution in [0.1, 0.15) is 12.8 Å². The van der Waals surface area contributed by atoms with Gasteiger partial charge in [0.05, 0.1) is 4.90 Å².